The van der Waals surface area contributed by atoms with Crippen LogP contribution in [0.5, 0.6) is 0 Å². The van der Waals surface area contributed by atoms with E-state index < -0.39 is 0 Å². The van der Waals surface area contributed by atoms with Crippen molar-refractivity contribution in [3.8, 4) is 0 Å². The molecule has 2 nitrogen and oxygen atoms in total. The van der Waals surface area contributed by atoms with E-state index in [9.17, 15) is 4.39 Å². The largest absolute Gasteiger partial charge is 0.323 e. The zero-order chi connectivity index (χ0) is 13.0. The molecule has 2 unspecified atom stereocenters. The Morgan fingerprint density at radius 2 is 2.11 bits per heavy atom. The molecular weight excluding hydrogens is 227 g/mol. The van der Waals surface area contributed by atoms with Crippen molar-refractivity contribution in [3.63, 3.8) is 0 Å². The van der Waals surface area contributed by atoms with Crippen LogP contribution < -0.4 is 5.73 Å². The summed E-state index contributed by atoms with van der Waals surface area (Å²) in [5, 5.41) is 0. The molecule has 2 N–H and O–H groups in total. The van der Waals surface area contributed by atoms with Gasteiger partial charge in [-0.15, -0.1) is 0 Å². The fraction of sp³-hybridized carbons (Fsp3) is 0.600. The molecule has 1 aliphatic rings. The average Bonchev–Trinajstić information content (AvgIpc) is 2.55. The van der Waals surface area contributed by atoms with E-state index in [0.717, 1.165) is 13.1 Å². The number of rotatable bonds is 3. The van der Waals surface area contributed by atoms with Crippen LogP contribution in [0.25, 0.3) is 0 Å². The number of hydrogen-bond donors (Lipinski definition) is 1. The summed E-state index contributed by atoms with van der Waals surface area (Å²) in [6.45, 7) is 4.09. The Labute approximate surface area is 109 Å². The summed E-state index contributed by atoms with van der Waals surface area (Å²) in [4.78, 5) is 2.41. The highest BCUT2D eigenvalue weighted by Crippen LogP contribution is 2.21. The van der Waals surface area contributed by atoms with Gasteiger partial charge in [-0.25, -0.2) is 4.39 Å². The maximum absolute atomic E-state index is 13.7. The fourth-order valence-corrected chi connectivity index (χ4v) is 2.73. The van der Waals surface area contributed by atoms with Crippen LogP contribution in [0.2, 0.25) is 0 Å². The van der Waals surface area contributed by atoms with Gasteiger partial charge in [0.05, 0.1) is 0 Å². The minimum atomic E-state index is -0.230. The van der Waals surface area contributed by atoms with Gasteiger partial charge in [0.1, 0.15) is 5.82 Å². The second kappa shape index (κ2) is 6.30. The first kappa shape index (κ1) is 13.5. The Morgan fingerprint density at radius 3 is 2.89 bits per heavy atom. The van der Waals surface area contributed by atoms with Crippen LogP contribution in [0, 0.1) is 5.82 Å². The average molecular weight is 250 g/mol. The molecule has 0 amide bonds. The number of halogens is 1. The highest BCUT2D eigenvalue weighted by Gasteiger charge is 2.20. The first-order valence-electron chi connectivity index (χ1n) is 6.92. The van der Waals surface area contributed by atoms with E-state index in [1.807, 2.05) is 6.07 Å². The van der Waals surface area contributed by atoms with Crippen LogP contribution in [0.1, 0.15) is 44.2 Å². The fourth-order valence-electron chi connectivity index (χ4n) is 2.73. The Hall–Kier alpha value is -0.930. The molecule has 0 bridgehead atoms. The van der Waals surface area contributed by atoms with Crippen LogP contribution in [-0.4, -0.2) is 24.0 Å². The third kappa shape index (κ3) is 3.30. The molecule has 0 saturated carbocycles. The molecule has 1 fully saturated rings. The van der Waals surface area contributed by atoms with Gasteiger partial charge in [0.2, 0.25) is 0 Å². The summed E-state index contributed by atoms with van der Waals surface area (Å²) >= 11 is 0. The molecule has 18 heavy (non-hydrogen) atoms. The first-order chi connectivity index (χ1) is 8.68. The number of hydrogen-bond acceptors (Lipinski definition) is 2. The van der Waals surface area contributed by atoms with Crippen molar-refractivity contribution in [2.24, 2.45) is 5.73 Å². The highest BCUT2D eigenvalue weighted by molar-refractivity contribution is 5.21. The lowest BCUT2D eigenvalue weighted by Gasteiger charge is -2.29. The molecule has 2 rings (SSSR count). The second-order valence-corrected chi connectivity index (χ2v) is 5.32. The zero-order valence-electron chi connectivity index (χ0n) is 11.1. The summed E-state index contributed by atoms with van der Waals surface area (Å²) in [6, 6.07) is 7.17. The van der Waals surface area contributed by atoms with Gasteiger partial charge in [-0.1, -0.05) is 31.0 Å². The van der Waals surface area contributed by atoms with Crippen molar-refractivity contribution in [1.82, 2.24) is 4.90 Å². The summed E-state index contributed by atoms with van der Waals surface area (Å²) in [5.41, 5.74) is 6.79. The molecule has 1 aliphatic heterocycles. The van der Waals surface area contributed by atoms with E-state index in [1.165, 1.54) is 31.7 Å². The normalized spacial score (nSPS) is 23.6. The van der Waals surface area contributed by atoms with E-state index in [-0.39, 0.29) is 11.9 Å². The highest BCUT2D eigenvalue weighted by atomic mass is 19.1. The van der Waals surface area contributed by atoms with E-state index >= 15 is 0 Å². The molecular formula is C15H23FN2. The third-order valence-electron chi connectivity index (χ3n) is 3.93. The summed E-state index contributed by atoms with van der Waals surface area (Å²) in [6.07, 6.45) is 5.06. The SMILES string of the molecule is CC1CCCCCN1CC(N)c1ccccc1F. The minimum Gasteiger partial charge on any atom is -0.323 e. The molecule has 3 heteroatoms. The Kier molecular flexibility index (Phi) is 4.72. The summed E-state index contributed by atoms with van der Waals surface area (Å²) in [5.74, 6) is -0.188. The van der Waals surface area contributed by atoms with Crippen LogP contribution in [-0.2, 0) is 0 Å². The molecule has 0 aliphatic carbocycles. The second-order valence-electron chi connectivity index (χ2n) is 5.32. The van der Waals surface area contributed by atoms with Crippen molar-refractivity contribution in [2.45, 2.75) is 44.7 Å². The van der Waals surface area contributed by atoms with Gasteiger partial charge < -0.3 is 5.73 Å². The molecule has 2 atom stereocenters. The van der Waals surface area contributed by atoms with Gasteiger partial charge in [-0.05, 0) is 32.4 Å². The predicted octanol–water partition coefficient (Wildman–Crippen LogP) is 3.09. The number of likely N-dealkylation sites (tertiary alicyclic amines) is 1. The standard InChI is InChI=1S/C15H23FN2/c1-12-7-3-2-6-10-18(12)11-15(17)13-8-4-5-9-14(13)16/h4-5,8-9,12,15H,2-3,6-7,10-11,17H2,1H3. The smallest absolute Gasteiger partial charge is 0.128 e. The number of benzene rings is 1. The maximum atomic E-state index is 13.7. The quantitative estimate of drug-likeness (QED) is 0.893. The Bertz CT molecular complexity index is 381. The Morgan fingerprint density at radius 1 is 1.33 bits per heavy atom. The van der Waals surface area contributed by atoms with Crippen LogP contribution in [0.4, 0.5) is 4.39 Å². The van der Waals surface area contributed by atoms with Gasteiger partial charge in [0.25, 0.3) is 0 Å². The van der Waals surface area contributed by atoms with Gasteiger partial charge in [0, 0.05) is 24.2 Å². The van der Waals surface area contributed by atoms with Gasteiger partial charge in [-0.2, -0.15) is 0 Å². The molecule has 1 aromatic rings. The Balaban J connectivity index is 2.02. The topological polar surface area (TPSA) is 29.3 Å². The third-order valence-corrected chi connectivity index (χ3v) is 3.93. The van der Waals surface area contributed by atoms with E-state index in [1.54, 1.807) is 12.1 Å². The van der Waals surface area contributed by atoms with Crippen molar-refractivity contribution in [3.05, 3.63) is 35.6 Å². The minimum absolute atomic E-state index is 0.188. The molecule has 1 heterocycles. The van der Waals surface area contributed by atoms with Gasteiger partial charge in [0.15, 0.2) is 0 Å². The lowest BCUT2D eigenvalue weighted by atomic mass is 10.1. The summed E-state index contributed by atoms with van der Waals surface area (Å²) < 4.78 is 13.7. The molecule has 0 spiro atoms. The monoisotopic (exact) mass is 250 g/mol. The van der Waals surface area contributed by atoms with Crippen molar-refractivity contribution >= 4 is 0 Å². The molecule has 1 aromatic carbocycles. The van der Waals surface area contributed by atoms with Crippen molar-refractivity contribution in [2.75, 3.05) is 13.1 Å². The molecule has 100 valence electrons. The number of nitrogens with two attached hydrogens (primary N) is 1. The van der Waals surface area contributed by atoms with Crippen LogP contribution in [0.3, 0.4) is 0 Å². The van der Waals surface area contributed by atoms with E-state index in [2.05, 4.69) is 11.8 Å². The summed E-state index contributed by atoms with van der Waals surface area (Å²) in [7, 11) is 0. The van der Waals surface area contributed by atoms with Gasteiger partial charge in [-0.3, -0.25) is 4.90 Å². The number of nitrogens with zero attached hydrogens (tertiary/aromatic N) is 1. The van der Waals surface area contributed by atoms with Crippen molar-refractivity contribution < 1.29 is 4.39 Å². The molecule has 0 aromatic heterocycles. The van der Waals surface area contributed by atoms with Crippen LogP contribution >= 0.6 is 0 Å². The van der Waals surface area contributed by atoms with Gasteiger partial charge >= 0.3 is 0 Å². The maximum Gasteiger partial charge on any atom is 0.128 e. The molecule has 0 radical (unpaired) electrons. The van der Waals surface area contributed by atoms with Crippen LogP contribution in [0.15, 0.2) is 24.3 Å². The van der Waals surface area contributed by atoms with E-state index in [0.29, 0.717) is 11.6 Å². The first-order valence-corrected chi connectivity index (χ1v) is 6.92. The lowest BCUT2D eigenvalue weighted by molar-refractivity contribution is 0.200. The lowest BCUT2D eigenvalue weighted by Crippen LogP contribution is -2.38. The zero-order valence-corrected chi connectivity index (χ0v) is 11.1. The predicted molar refractivity (Wildman–Crippen MR) is 72.8 cm³/mol. The van der Waals surface area contributed by atoms with E-state index in [4.69, 9.17) is 5.73 Å². The molecule has 1 saturated heterocycles. The van der Waals surface area contributed by atoms with Crippen molar-refractivity contribution in [1.29, 1.82) is 0 Å².